The molecule has 0 fully saturated rings. The summed E-state index contributed by atoms with van der Waals surface area (Å²) in [5.41, 5.74) is 5.98. The highest BCUT2D eigenvalue weighted by atomic mass is 32.2. The van der Waals surface area contributed by atoms with Crippen LogP contribution in [0.4, 0.5) is 0 Å². The molecule has 0 aliphatic rings. The molecule has 9 heteroatoms. The number of carboxylic acid groups (broad SMARTS) is 1. The van der Waals surface area contributed by atoms with Crippen LogP contribution in [0.5, 0.6) is 5.75 Å². The first kappa shape index (κ1) is 20.8. The van der Waals surface area contributed by atoms with Gasteiger partial charge in [-0.1, -0.05) is 12.1 Å². The van der Waals surface area contributed by atoms with Gasteiger partial charge in [-0.15, -0.1) is 0 Å². The van der Waals surface area contributed by atoms with Crippen molar-refractivity contribution >= 4 is 29.5 Å². The first-order chi connectivity index (χ1) is 11.9. The summed E-state index contributed by atoms with van der Waals surface area (Å²) in [6, 6.07) is 4.18. The highest BCUT2D eigenvalue weighted by molar-refractivity contribution is 7.98. The van der Waals surface area contributed by atoms with Crippen molar-refractivity contribution < 1.29 is 24.6 Å². The molecule has 8 nitrogen and oxygen atoms in total. The van der Waals surface area contributed by atoms with E-state index in [0.29, 0.717) is 11.3 Å². The van der Waals surface area contributed by atoms with Crippen molar-refractivity contribution in [1.82, 2.24) is 10.6 Å². The number of benzene rings is 1. The minimum absolute atomic E-state index is 0.0822. The number of carboxylic acids is 1. The molecular formula is C16H23N3O5S. The van der Waals surface area contributed by atoms with Crippen LogP contribution in [-0.2, 0) is 20.8 Å². The Morgan fingerprint density at radius 3 is 2.32 bits per heavy atom. The number of thioether (sulfide) groups is 1. The summed E-state index contributed by atoms with van der Waals surface area (Å²) in [4.78, 5) is 35.3. The SMILES string of the molecule is CSCCC(NC(=O)C(Cc1ccc(O)cc1)NC(=O)CN)C(=O)O. The van der Waals surface area contributed by atoms with E-state index >= 15 is 0 Å². The van der Waals surface area contributed by atoms with Gasteiger partial charge in [0.2, 0.25) is 11.8 Å². The maximum absolute atomic E-state index is 12.5. The number of aromatic hydroxyl groups is 1. The second-order valence-corrected chi connectivity index (χ2v) is 6.36. The van der Waals surface area contributed by atoms with Crippen molar-refractivity contribution in [3.05, 3.63) is 29.8 Å². The Balaban J connectivity index is 2.85. The molecule has 1 aromatic carbocycles. The number of nitrogens with two attached hydrogens (primary N) is 1. The number of rotatable bonds is 10. The minimum Gasteiger partial charge on any atom is -0.508 e. The molecule has 25 heavy (non-hydrogen) atoms. The van der Waals surface area contributed by atoms with Gasteiger partial charge in [-0.2, -0.15) is 11.8 Å². The Morgan fingerprint density at radius 1 is 1.16 bits per heavy atom. The summed E-state index contributed by atoms with van der Waals surface area (Å²) >= 11 is 1.48. The van der Waals surface area contributed by atoms with Crippen molar-refractivity contribution in [2.45, 2.75) is 24.9 Å². The van der Waals surface area contributed by atoms with Crippen LogP contribution in [0.1, 0.15) is 12.0 Å². The lowest BCUT2D eigenvalue weighted by atomic mass is 10.0. The Kier molecular flexibility index (Phi) is 8.79. The average Bonchev–Trinajstić information content (AvgIpc) is 2.59. The molecule has 2 atom stereocenters. The van der Waals surface area contributed by atoms with E-state index < -0.39 is 29.9 Å². The van der Waals surface area contributed by atoms with Crippen molar-refractivity contribution in [3.8, 4) is 5.75 Å². The van der Waals surface area contributed by atoms with Gasteiger partial charge in [0.15, 0.2) is 0 Å². The van der Waals surface area contributed by atoms with Gasteiger partial charge in [-0.3, -0.25) is 9.59 Å². The van der Waals surface area contributed by atoms with Crippen LogP contribution in [0, 0.1) is 0 Å². The Bertz CT molecular complexity index is 594. The van der Waals surface area contributed by atoms with E-state index in [1.54, 1.807) is 12.1 Å². The largest absolute Gasteiger partial charge is 0.508 e. The van der Waals surface area contributed by atoms with Crippen LogP contribution in [0.25, 0.3) is 0 Å². The number of aliphatic carboxylic acids is 1. The lowest BCUT2D eigenvalue weighted by Crippen LogP contribution is -2.53. The van der Waals surface area contributed by atoms with Gasteiger partial charge in [0.1, 0.15) is 17.8 Å². The molecule has 6 N–H and O–H groups in total. The number of nitrogens with one attached hydrogen (secondary N) is 2. The zero-order valence-corrected chi connectivity index (χ0v) is 14.7. The van der Waals surface area contributed by atoms with Gasteiger partial charge in [-0.25, -0.2) is 4.79 Å². The molecule has 0 heterocycles. The molecule has 1 rings (SSSR count). The quantitative estimate of drug-likeness (QED) is 0.381. The maximum Gasteiger partial charge on any atom is 0.326 e. The lowest BCUT2D eigenvalue weighted by Gasteiger charge is -2.21. The Morgan fingerprint density at radius 2 is 1.80 bits per heavy atom. The van der Waals surface area contributed by atoms with Crippen molar-refractivity contribution in [3.63, 3.8) is 0 Å². The number of phenolic OH excluding ortho intramolecular Hbond substituents is 1. The van der Waals surface area contributed by atoms with Crippen molar-refractivity contribution in [2.24, 2.45) is 5.73 Å². The second kappa shape index (κ2) is 10.6. The van der Waals surface area contributed by atoms with E-state index in [4.69, 9.17) is 5.73 Å². The third-order valence-electron chi connectivity index (χ3n) is 3.44. The number of hydrogen-bond donors (Lipinski definition) is 5. The van der Waals surface area contributed by atoms with Gasteiger partial charge in [0, 0.05) is 6.42 Å². The first-order valence-corrected chi connectivity index (χ1v) is 9.06. The van der Waals surface area contributed by atoms with Gasteiger partial charge in [-0.05, 0) is 36.1 Å². The molecule has 2 amide bonds. The van der Waals surface area contributed by atoms with E-state index in [1.807, 2.05) is 6.26 Å². The van der Waals surface area contributed by atoms with Crippen LogP contribution in [0.2, 0.25) is 0 Å². The average molecular weight is 369 g/mol. The molecule has 0 spiro atoms. The number of amides is 2. The second-order valence-electron chi connectivity index (χ2n) is 5.38. The highest BCUT2D eigenvalue weighted by Gasteiger charge is 2.26. The summed E-state index contributed by atoms with van der Waals surface area (Å²) < 4.78 is 0. The number of carbonyl (C=O) groups is 3. The van der Waals surface area contributed by atoms with E-state index in [1.165, 1.54) is 23.9 Å². The summed E-state index contributed by atoms with van der Waals surface area (Å²) in [7, 11) is 0. The fourth-order valence-electron chi connectivity index (χ4n) is 2.10. The molecule has 138 valence electrons. The third kappa shape index (κ3) is 7.44. The minimum atomic E-state index is -1.13. The first-order valence-electron chi connectivity index (χ1n) is 7.66. The van der Waals surface area contributed by atoms with Gasteiger partial charge >= 0.3 is 5.97 Å². The summed E-state index contributed by atoms with van der Waals surface area (Å²) in [6.07, 6.45) is 2.27. The van der Waals surface area contributed by atoms with Crippen LogP contribution >= 0.6 is 11.8 Å². The zero-order valence-electron chi connectivity index (χ0n) is 13.9. The Hall–Kier alpha value is -2.26. The normalized spacial score (nSPS) is 12.9. The Labute approximate surface area is 150 Å². The molecule has 0 radical (unpaired) electrons. The van der Waals surface area contributed by atoms with Gasteiger partial charge in [0.25, 0.3) is 0 Å². The monoisotopic (exact) mass is 369 g/mol. The number of hydrogen-bond acceptors (Lipinski definition) is 6. The third-order valence-corrected chi connectivity index (χ3v) is 4.08. The molecule has 0 saturated heterocycles. The molecule has 2 unspecified atom stereocenters. The molecule has 0 saturated carbocycles. The molecule has 0 aliphatic carbocycles. The van der Waals surface area contributed by atoms with E-state index in [9.17, 15) is 24.6 Å². The summed E-state index contributed by atoms with van der Waals surface area (Å²) in [6.45, 7) is -0.284. The number of carbonyl (C=O) groups excluding carboxylic acids is 2. The molecule has 0 bridgehead atoms. The van der Waals surface area contributed by atoms with Crippen LogP contribution in [0.15, 0.2) is 24.3 Å². The predicted octanol–water partition coefficient (Wildman–Crippen LogP) is -0.299. The standard InChI is InChI=1S/C16H23N3O5S/c1-25-7-6-12(16(23)24)19-15(22)13(18-14(21)9-17)8-10-2-4-11(20)5-3-10/h2-5,12-13,20H,6-9,17H2,1H3,(H,18,21)(H,19,22)(H,23,24). The predicted molar refractivity (Wildman–Crippen MR) is 95.4 cm³/mol. The van der Waals surface area contributed by atoms with E-state index in [0.717, 1.165) is 0 Å². The van der Waals surface area contributed by atoms with Crippen LogP contribution < -0.4 is 16.4 Å². The zero-order chi connectivity index (χ0) is 18.8. The molecule has 0 aliphatic heterocycles. The topological polar surface area (TPSA) is 142 Å². The highest BCUT2D eigenvalue weighted by Crippen LogP contribution is 2.12. The lowest BCUT2D eigenvalue weighted by molar-refractivity contribution is -0.142. The van der Waals surface area contributed by atoms with E-state index in [2.05, 4.69) is 10.6 Å². The van der Waals surface area contributed by atoms with Gasteiger partial charge in [0.05, 0.1) is 6.54 Å². The maximum atomic E-state index is 12.5. The smallest absolute Gasteiger partial charge is 0.326 e. The fraction of sp³-hybridized carbons (Fsp3) is 0.438. The number of phenols is 1. The van der Waals surface area contributed by atoms with Crippen LogP contribution in [0.3, 0.4) is 0 Å². The molecular weight excluding hydrogens is 346 g/mol. The van der Waals surface area contributed by atoms with Crippen molar-refractivity contribution in [1.29, 1.82) is 0 Å². The molecule has 1 aromatic rings. The summed E-state index contributed by atoms with van der Waals surface area (Å²) in [5.74, 6) is -1.58. The molecule has 0 aromatic heterocycles. The fourth-order valence-corrected chi connectivity index (χ4v) is 2.57. The van der Waals surface area contributed by atoms with Gasteiger partial charge < -0.3 is 26.6 Å². The van der Waals surface area contributed by atoms with Crippen LogP contribution in [-0.4, -0.2) is 58.6 Å². The van der Waals surface area contributed by atoms with E-state index in [-0.39, 0.29) is 25.1 Å². The van der Waals surface area contributed by atoms with Crippen molar-refractivity contribution in [2.75, 3.05) is 18.6 Å². The summed E-state index contributed by atoms with van der Waals surface area (Å²) in [5, 5.41) is 23.5.